The van der Waals surface area contributed by atoms with Gasteiger partial charge in [0.1, 0.15) is 0 Å². The molecule has 124 valence electrons. The molecular weight excluding hydrogens is 312 g/mol. The fraction of sp³-hybridized carbons (Fsp3) is 0.444. The fourth-order valence-electron chi connectivity index (χ4n) is 1.80. The summed E-state index contributed by atoms with van der Waals surface area (Å²) in [7, 11) is 0. The molecule has 0 saturated carbocycles. The predicted octanol–water partition coefficient (Wildman–Crippen LogP) is 3.81. The van der Waals surface area contributed by atoms with Gasteiger partial charge in [-0.05, 0) is 51.5 Å². The van der Waals surface area contributed by atoms with E-state index in [2.05, 4.69) is 17.3 Å². The van der Waals surface area contributed by atoms with Crippen molar-refractivity contribution in [2.45, 2.75) is 52.5 Å². The Kier molecular flexibility index (Phi) is 7.12. The number of hydrogen-bond donors (Lipinski definition) is 1. The van der Waals surface area contributed by atoms with E-state index in [1.54, 1.807) is 24.3 Å². The van der Waals surface area contributed by atoms with Crippen LogP contribution >= 0.6 is 11.6 Å². The maximum Gasteiger partial charge on any atom is 0.269 e. The van der Waals surface area contributed by atoms with Gasteiger partial charge >= 0.3 is 0 Å². The molecule has 0 fully saturated rings. The summed E-state index contributed by atoms with van der Waals surface area (Å²) in [5, 5.41) is 1.89. The number of carbonyl (C=O) groups is 2. The molecule has 1 N–H and O–H groups in total. The Bertz CT molecular complexity index is 607. The molecule has 0 radical (unpaired) electrons. The highest BCUT2D eigenvalue weighted by Gasteiger charge is 2.28. The van der Waals surface area contributed by atoms with Crippen molar-refractivity contribution in [2.24, 2.45) is 0 Å². The van der Waals surface area contributed by atoms with Crippen LogP contribution in [0.4, 0.5) is 0 Å². The summed E-state index contributed by atoms with van der Waals surface area (Å²) in [4.78, 5) is 24.7. The highest BCUT2D eigenvalue weighted by molar-refractivity contribution is 6.30. The van der Waals surface area contributed by atoms with Crippen LogP contribution in [0.2, 0.25) is 5.02 Å². The minimum absolute atomic E-state index is 0.0815. The molecule has 0 aromatic heterocycles. The second-order valence-electron chi connectivity index (χ2n) is 6.13. The molecule has 0 spiro atoms. The zero-order chi connectivity index (χ0) is 17.5. The van der Waals surface area contributed by atoms with Gasteiger partial charge in [-0.3, -0.25) is 15.0 Å². The molecule has 0 aliphatic heterocycles. The van der Waals surface area contributed by atoms with Gasteiger partial charge in [0, 0.05) is 17.0 Å². The van der Waals surface area contributed by atoms with Crippen molar-refractivity contribution in [3.63, 3.8) is 0 Å². The van der Waals surface area contributed by atoms with E-state index in [1.807, 2.05) is 27.7 Å². The lowest BCUT2D eigenvalue weighted by Gasteiger charge is -2.35. The van der Waals surface area contributed by atoms with Crippen LogP contribution in [0.15, 0.2) is 24.3 Å². The van der Waals surface area contributed by atoms with Crippen molar-refractivity contribution in [3.05, 3.63) is 34.9 Å². The second-order valence-corrected chi connectivity index (χ2v) is 6.56. The van der Waals surface area contributed by atoms with Gasteiger partial charge in [-0.15, -0.1) is 5.92 Å². The zero-order valence-electron chi connectivity index (χ0n) is 14.1. The summed E-state index contributed by atoms with van der Waals surface area (Å²) >= 11 is 5.82. The largest absolute Gasteiger partial charge is 0.272 e. The highest BCUT2D eigenvalue weighted by atomic mass is 35.5. The second kappa shape index (κ2) is 8.59. The molecule has 1 rings (SSSR count). The summed E-state index contributed by atoms with van der Waals surface area (Å²) in [5.74, 6) is 5.20. The lowest BCUT2D eigenvalue weighted by atomic mass is 10.1. The first-order valence-electron chi connectivity index (χ1n) is 7.61. The van der Waals surface area contributed by atoms with Crippen molar-refractivity contribution in [2.75, 3.05) is 0 Å². The van der Waals surface area contributed by atoms with Gasteiger partial charge in [-0.1, -0.05) is 24.4 Å². The normalized spacial score (nSPS) is 10.5. The van der Waals surface area contributed by atoms with E-state index in [1.165, 1.54) is 5.01 Å². The summed E-state index contributed by atoms with van der Waals surface area (Å²) in [6.45, 7) is 7.59. The number of benzene rings is 1. The number of hydrazine groups is 1. The van der Waals surface area contributed by atoms with E-state index in [4.69, 9.17) is 11.6 Å². The standard InChI is InChI=1S/C18H23ClN2O2/c1-5-6-7-8-9-16(22)21(18(2,3)4)20-17(23)14-10-12-15(19)13-11-14/h10-13H,5-6,9H2,1-4H3,(H,20,23). The third-order valence-corrected chi connectivity index (χ3v) is 3.23. The Morgan fingerprint density at radius 1 is 1.17 bits per heavy atom. The number of amides is 2. The lowest BCUT2D eigenvalue weighted by Crippen LogP contribution is -2.55. The average molecular weight is 335 g/mol. The molecule has 0 aliphatic carbocycles. The SMILES string of the molecule is CCCC#CCC(=O)N(NC(=O)c1ccc(Cl)cc1)C(C)(C)C. The van der Waals surface area contributed by atoms with Crippen molar-refractivity contribution in [3.8, 4) is 11.8 Å². The third kappa shape index (κ3) is 6.33. The van der Waals surface area contributed by atoms with E-state index >= 15 is 0 Å². The van der Waals surface area contributed by atoms with Crippen molar-refractivity contribution >= 4 is 23.4 Å². The van der Waals surface area contributed by atoms with Crippen LogP contribution in [0.25, 0.3) is 0 Å². The number of halogens is 1. The Morgan fingerprint density at radius 2 is 1.78 bits per heavy atom. The summed E-state index contributed by atoms with van der Waals surface area (Å²) in [6, 6.07) is 6.50. The van der Waals surface area contributed by atoms with Crippen LogP contribution in [0.1, 0.15) is 57.3 Å². The van der Waals surface area contributed by atoms with E-state index in [0.29, 0.717) is 10.6 Å². The van der Waals surface area contributed by atoms with Gasteiger partial charge in [0.2, 0.25) is 0 Å². The molecule has 0 saturated heterocycles. The lowest BCUT2D eigenvalue weighted by molar-refractivity contribution is -0.138. The molecule has 5 heteroatoms. The molecular formula is C18H23ClN2O2. The maximum absolute atomic E-state index is 12.4. The molecule has 2 amide bonds. The monoisotopic (exact) mass is 334 g/mol. The van der Waals surface area contributed by atoms with Crippen LogP contribution in [-0.4, -0.2) is 22.4 Å². The molecule has 1 aromatic carbocycles. The van der Waals surface area contributed by atoms with Crippen molar-refractivity contribution in [1.29, 1.82) is 0 Å². The van der Waals surface area contributed by atoms with E-state index in [-0.39, 0.29) is 18.2 Å². The minimum atomic E-state index is -0.550. The minimum Gasteiger partial charge on any atom is -0.272 e. The number of nitrogens with one attached hydrogen (secondary N) is 1. The first-order chi connectivity index (χ1) is 10.8. The quantitative estimate of drug-likeness (QED) is 0.675. The van der Waals surface area contributed by atoms with Crippen molar-refractivity contribution in [1.82, 2.24) is 10.4 Å². The molecule has 0 aliphatic rings. The highest BCUT2D eigenvalue weighted by Crippen LogP contribution is 2.14. The number of unbranched alkanes of at least 4 members (excludes halogenated alkanes) is 1. The summed E-state index contributed by atoms with van der Waals surface area (Å²) < 4.78 is 0. The summed E-state index contributed by atoms with van der Waals surface area (Å²) in [5.41, 5.74) is 2.56. The van der Waals surface area contributed by atoms with E-state index in [0.717, 1.165) is 12.8 Å². The molecule has 23 heavy (non-hydrogen) atoms. The average Bonchev–Trinajstić information content (AvgIpc) is 2.48. The topological polar surface area (TPSA) is 49.4 Å². The number of carbonyl (C=O) groups excluding carboxylic acids is 2. The Morgan fingerprint density at radius 3 is 2.30 bits per heavy atom. The van der Waals surface area contributed by atoms with Gasteiger partial charge < -0.3 is 0 Å². The molecule has 0 unspecified atom stereocenters. The van der Waals surface area contributed by atoms with Gasteiger partial charge in [0.25, 0.3) is 11.8 Å². The maximum atomic E-state index is 12.4. The fourth-order valence-corrected chi connectivity index (χ4v) is 1.93. The Hall–Kier alpha value is -1.99. The number of hydrogen-bond acceptors (Lipinski definition) is 2. The summed E-state index contributed by atoms with van der Waals surface area (Å²) in [6.07, 6.45) is 1.80. The number of nitrogens with zero attached hydrogens (tertiary/aromatic N) is 1. The van der Waals surface area contributed by atoms with Crippen LogP contribution in [-0.2, 0) is 4.79 Å². The molecule has 4 nitrogen and oxygen atoms in total. The van der Waals surface area contributed by atoms with E-state index in [9.17, 15) is 9.59 Å². The van der Waals surface area contributed by atoms with Crippen LogP contribution < -0.4 is 5.43 Å². The van der Waals surface area contributed by atoms with Crippen molar-refractivity contribution < 1.29 is 9.59 Å². The Labute approximate surface area is 143 Å². The van der Waals surface area contributed by atoms with Crippen LogP contribution in [0.3, 0.4) is 0 Å². The third-order valence-electron chi connectivity index (χ3n) is 2.98. The molecule has 0 heterocycles. The Balaban J connectivity index is 2.83. The van der Waals surface area contributed by atoms with Gasteiger partial charge in [0.15, 0.2) is 0 Å². The number of rotatable bonds is 3. The van der Waals surface area contributed by atoms with Gasteiger partial charge in [-0.25, -0.2) is 5.01 Å². The zero-order valence-corrected chi connectivity index (χ0v) is 14.8. The first kappa shape index (κ1) is 19.1. The van der Waals surface area contributed by atoms with Gasteiger partial charge in [-0.2, -0.15) is 0 Å². The molecule has 0 atom stereocenters. The molecule has 0 bridgehead atoms. The smallest absolute Gasteiger partial charge is 0.269 e. The van der Waals surface area contributed by atoms with Crippen LogP contribution in [0.5, 0.6) is 0 Å². The first-order valence-corrected chi connectivity index (χ1v) is 7.99. The van der Waals surface area contributed by atoms with E-state index < -0.39 is 5.54 Å². The van der Waals surface area contributed by atoms with Crippen LogP contribution in [0, 0.1) is 11.8 Å². The molecule has 1 aromatic rings. The predicted molar refractivity (Wildman–Crippen MR) is 92.8 cm³/mol. The van der Waals surface area contributed by atoms with Gasteiger partial charge in [0.05, 0.1) is 12.0 Å².